The third-order valence-electron chi connectivity index (χ3n) is 2.64. The molecular weight excluding hydrogens is 273 g/mol. The van der Waals surface area contributed by atoms with Crippen LogP contribution >= 0.6 is 22.6 Å². The van der Waals surface area contributed by atoms with Gasteiger partial charge in [0.05, 0.1) is 0 Å². The summed E-state index contributed by atoms with van der Waals surface area (Å²) in [7, 11) is 0. The molecule has 70 valence electrons. The van der Waals surface area contributed by atoms with Crippen LogP contribution in [0.5, 0.6) is 0 Å². The van der Waals surface area contributed by atoms with Crippen LogP contribution in [0.15, 0.2) is 18.2 Å². The van der Waals surface area contributed by atoms with Crippen molar-refractivity contribution in [2.75, 3.05) is 6.54 Å². The fraction of sp³-hybridized carbons (Fsp3) is 0.455. The summed E-state index contributed by atoms with van der Waals surface area (Å²) in [6.07, 6.45) is 2.61. The summed E-state index contributed by atoms with van der Waals surface area (Å²) in [5.41, 5.74) is 2.85. The quantitative estimate of drug-likeness (QED) is 0.783. The Bertz CT molecular complexity index is 303. The molecule has 0 unspecified atom stereocenters. The molecule has 0 amide bonds. The van der Waals surface area contributed by atoms with Crippen LogP contribution in [-0.2, 0) is 0 Å². The van der Waals surface area contributed by atoms with E-state index < -0.39 is 0 Å². The van der Waals surface area contributed by atoms with Gasteiger partial charge in [0.15, 0.2) is 0 Å². The van der Waals surface area contributed by atoms with Gasteiger partial charge in [0.1, 0.15) is 0 Å². The van der Waals surface area contributed by atoms with Crippen molar-refractivity contribution < 1.29 is 0 Å². The normalized spacial score (nSPS) is 22.2. The van der Waals surface area contributed by atoms with E-state index in [2.05, 4.69) is 53.0 Å². The first-order valence-corrected chi connectivity index (χ1v) is 5.84. The molecule has 0 aliphatic carbocycles. The Balaban J connectivity index is 2.25. The fourth-order valence-electron chi connectivity index (χ4n) is 1.85. The van der Waals surface area contributed by atoms with Gasteiger partial charge in [-0.2, -0.15) is 0 Å². The Morgan fingerprint density at radius 1 is 1.46 bits per heavy atom. The molecule has 1 saturated heterocycles. The van der Waals surface area contributed by atoms with Gasteiger partial charge < -0.3 is 5.32 Å². The molecule has 1 heterocycles. The van der Waals surface area contributed by atoms with Gasteiger partial charge in [0.2, 0.25) is 0 Å². The molecule has 1 atom stereocenters. The number of hydrogen-bond acceptors (Lipinski definition) is 1. The van der Waals surface area contributed by atoms with E-state index in [4.69, 9.17) is 0 Å². The predicted molar refractivity (Wildman–Crippen MR) is 63.9 cm³/mol. The minimum absolute atomic E-state index is 0.607. The summed E-state index contributed by atoms with van der Waals surface area (Å²) in [6.45, 7) is 3.36. The maximum absolute atomic E-state index is 3.52. The van der Waals surface area contributed by atoms with Crippen LogP contribution in [0.1, 0.15) is 30.0 Å². The van der Waals surface area contributed by atoms with Gasteiger partial charge in [0.25, 0.3) is 0 Å². The highest BCUT2D eigenvalue weighted by Crippen LogP contribution is 2.25. The van der Waals surface area contributed by atoms with Crippen LogP contribution in [0, 0.1) is 10.5 Å². The summed E-state index contributed by atoms with van der Waals surface area (Å²) in [6, 6.07) is 7.38. The molecule has 0 spiro atoms. The lowest BCUT2D eigenvalue weighted by Crippen LogP contribution is -2.12. The largest absolute Gasteiger partial charge is 0.310 e. The summed E-state index contributed by atoms with van der Waals surface area (Å²) in [5.74, 6) is 0. The molecule has 1 aromatic carbocycles. The minimum atomic E-state index is 0.607. The second kappa shape index (κ2) is 3.96. The molecule has 0 saturated carbocycles. The SMILES string of the molecule is Cc1cc([C@@H]2CCCN2)ccc1I. The molecule has 1 fully saturated rings. The lowest BCUT2D eigenvalue weighted by molar-refractivity contribution is 0.647. The molecule has 0 aromatic heterocycles. The van der Waals surface area contributed by atoms with Crippen molar-refractivity contribution in [3.05, 3.63) is 32.9 Å². The monoisotopic (exact) mass is 287 g/mol. The molecule has 2 rings (SSSR count). The average molecular weight is 287 g/mol. The minimum Gasteiger partial charge on any atom is -0.310 e. The Morgan fingerprint density at radius 3 is 2.92 bits per heavy atom. The first-order valence-electron chi connectivity index (χ1n) is 4.77. The van der Waals surface area contributed by atoms with E-state index in [9.17, 15) is 0 Å². The third kappa shape index (κ3) is 2.05. The Kier molecular flexibility index (Phi) is 2.89. The van der Waals surface area contributed by atoms with Crippen molar-refractivity contribution >= 4 is 22.6 Å². The van der Waals surface area contributed by atoms with Gasteiger partial charge in [-0.15, -0.1) is 0 Å². The molecule has 1 aliphatic heterocycles. The van der Waals surface area contributed by atoms with Gasteiger partial charge in [-0.3, -0.25) is 0 Å². The lowest BCUT2D eigenvalue weighted by Gasteiger charge is -2.11. The molecule has 0 radical (unpaired) electrons. The van der Waals surface area contributed by atoms with Crippen LogP contribution in [-0.4, -0.2) is 6.54 Å². The number of hydrogen-bond donors (Lipinski definition) is 1. The highest BCUT2D eigenvalue weighted by molar-refractivity contribution is 14.1. The van der Waals surface area contributed by atoms with Crippen LogP contribution < -0.4 is 5.32 Å². The van der Waals surface area contributed by atoms with E-state index in [1.165, 1.54) is 34.1 Å². The molecule has 0 bridgehead atoms. The van der Waals surface area contributed by atoms with E-state index in [-0.39, 0.29) is 0 Å². The van der Waals surface area contributed by atoms with Crippen LogP contribution in [0.2, 0.25) is 0 Å². The average Bonchev–Trinajstić information content (AvgIpc) is 2.62. The van der Waals surface area contributed by atoms with Gasteiger partial charge in [0, 0.05) is 9.61 Å². The van der Waals surface area contributed by atoms with E-state index in [0.29, 0.717) is 6.04 Å². The highest BCUT2D eigenvalue weighted by atomic mass is 127. The smallest absolute Gasteiger partial charge is 0.0320 e. The molecule has 1 N–H and O–H groups in total. The van der Waals surface area contributed by atoms with Crippen molar-refractivity contribution in [3.8, 4) is 0 Å². The first kappa shape index (κ1) is 9.46. The maximum Gasteiger partial charge on any atom is 0.0320 e. The topological polar surface area (TPSA) is 12.0 Å². The Morgan fingerprint density at radius 2 is 2.31 bits per heavy atom. The Hall–Kier alpha value is -0.0900. The number of nitrogens with one attached hydrogen (secondary N) is 1. The van der Waals surface area contributed by atoms with Gasteiger partial charge in [-0.05, 0) is 66.1 Å². The van der Waals surface area contributed by atoms with Crippen LogP contribution in [0.25, 0.3) is 0 Å². The van der Waals surface area contributed by atoms with E-state index in [1.54, 1.807) is 0 Å². The zero-order valence-electron chi connectivity index (χ0n) is 7.81. The lowest BCUT2D eigenvalue weighted by atomic mass is 10.0. The molecule has 2 heteroatoms. The summed E-state index contributed by atoms with van der Waals surface area (Å²) < 4.78 is 1.36. The van der Waals surface area contributed by atoms with E-state index in [0.717, 1.165) is 0 Å². The number of benzene rings is 1. The summed E-state index contributed by atoms with van der Waals surface area (Å²) >= 11 is 2.38. The fourth-order valence-corrected chi connectivity index (χ4v) is 2.19. The molecular formula is C11H14IN. The zero-order chi connectivity index (χ0) is 9.26. The van der Waals surface area contributed by atoms with Crippen molar-refractivity contribution in [3.63, 3.8) is 0 Å². The second-order valence-electron chi connectivity index (χ2n) is 3.66. The summed E-state index contributed by atoms with van der Waals surface area (Å²) in [5, 5.41) is 3.52. The van der Waals surface area contributed by atoms with E-state index in [1.807, 2.05) is 0 Å². The molecule has 1 aliphatic rings. The highest BCUT2D eigenvalue weighted by Gasteiger charge is 2.15. The standard InChI is InChI=1S/C11H14IN/c1-8-7-9(4-5-10(8)12)11-3-2-6-13-11/h4-5,7,11,13H,2-3,6H2,1H3/t11-/m0/s1. The number of halogens is 1. The number of rotatable bonds is 1. The second-order valence-corrected chi connectivity index (χ2v) is 4.82. The first-order chi connectivity index (χ1) is 6.27. The number of aryl methyl sites for hydroxylation is 1. The van der Waals surface area contributed by atoms with Crippen molar-refractivity contribution in [2.24, 2.45) is 0 Å². The van der Waals surface area contributed by atoms with Gasteiger partial charge in [-0.25, -0.2) is 0 Å². The Labute approximate surface area is 93.1 Å². The van der Waals surface area contributed by atoms with Crippen molar-refractivity contribution in [2.45, 2.75) is 25.8 Å². The zero-order valence-corrected chi connectivity index (χ0v) is 9.97. The predicted octanol–water partition coefficient (Wildman–Crippen LogP) is 3.02. The van der Waals surface area contributed by atoms with E-state index >= 15 is 0 Å². The molecule has 13 heavy (non-hydrogen) atoms. The van der Waals surface area contributed by atoms with Crippen LogP contribution in [0.3, 0.4) is 0 Å². The van der Waals surface area contributed by atoms with Crippen molar-refractivity contribution in [1.29, 1.82) is 0 Å². The van der Waals surface area contributed by atoms with Gasteiger partial charge in [-0.1, -0.05) is 12.1 Å². The summed E-state index contributed by atoms with van der Waals surface area (Å²) in [4.78, 5) is 0. The van der Waals surface area contributed by atoms with Crippen LogP contribution in [0.4, 0.5) is 0 Å². The molecule has 1 aromatic rings. The third-order valence-corrected chi connectivity index (χ3v) is 3.86. The molecule has 1 nitrogen and oxygen atoms in total. The van der Waals surface area contributed by atoms with Gasteiger partial charge >= 0.3 is 0 Å². The van der Waals surface area contributed by atoms with Crippen molar-refractivity contribution in [1.82, 2.24) is 5.32 Å². The maximum atomic E-state index is 3.52.